The number of amides is 2. The number of methoxy groups -OCH3 is 1. The Kier molecular flexibility index (Phi) is 8.76. The predicted molar refractivity (Wildman–Crippen MR) is 130 cm³/mol. The molecule has 2 aromatic rings. The van der Waals surface area contributed by atoms with Gasteiger partial charge in [-0.1, -0.05) is 24.4 Å². The molecule has 8 heteroatoms. The van der Waals surface area contributed by atoms with E-state index in [4.69, 9.17) is 16.3 Å². The molecular formula is C24H31ClN4O3. The van der Waals surface area contributed by atoms with E-state index >= 15 is 0 Å². The Morgan fingerprint density at radius 3 is 2.22 bits per heavy atom. The number of likely N-dealkylation sites (N-methyl/N-ethyl adjacent to an activating group) is 1. The molecule has 0 atom stereocenters. The number of benzene rings is 2. The lowest BCUT2D eigenvalue weighted by atomic mass is 10.2. The second kappa shape index (κ2) is 11.7. The second-order valence-electron chi connectivity index (χ2n) is 8.06. The number of rotatable bonds is 8. The molecule has 0 aromatic heterocycles. The number of halogens is 1. The number of nitrogens with one attached hydrogen (secondary N) is 2. The summed E-state index contributed by atoms with van der Waals surface area (Å²) in [5, 5.41) is 6.16. The molecule has 0 bridgehead atoms. The van der Waals surface area contributed by atoms with Crippen LogP contribution in [0.4, 0.5) is 17.1 Å². The van der Waals surface area contributed by atoms with Gasteiger partial charge in [0.25, 0.3) is 0 Å². The van der Waals surface area contributed by atoms with E-state index in [0.29, 0.717) is 16.5 Å². The number of ether oxygens (including phenoxy) is 1. The molecule has 1 aliphatic heterocycles. The first-order valence-electron chi connectivity index (χ1n) is 10.9. The van der Waals surface area contributed by atoms with E-state index < -0.39 is 0 Å². The monoisotopic (exact) mass is 458 g/mol. The molecule has 0 radical (unpaired) electrons. The van der Waals surface area contributed by atoms with Crippen LogP contribution in [-0.2, 0) is 9.59 Å². The van der Waals surface area contributed by atoms with Crippen LogP contribution in [-0.4, -0.2) is 57.1 Å². The van der Waals surface area contributed by atoms with Crippen LogP contribution in [0.5, 0.6) is 5.75 Å². The molecular weight excluding hydrogens is 428 g/mol. The fraction of sp³-hybridized carbons (Fsp3) is 0.417. The first-order valence-corrected chi connectivity index (χ1v) is 11.3. The van der Waals surface area contributed by atoms with Crippen LogP contribution >= 0.6 is 11.6 Å². The number of hydrogen-bond acceptors (Lipinski definition) is 5. The van der Waals surface area contributed by atoms with Gasteiger partial charge < -0.3 is 20.3 Å². The van der Waals surface area contributed by atoms with Crippen molar-refractivity contribution < 1.29 is 14.3 Å². The predicted octanol–water partition coefficient (Wildman–Crippen LogP) is 4.24. The van der Waals surface area contributed by atoms with Crippen molar-refractivity contribution in [1.29, 1.82) is 0 Å². The van der Waals surface area contributed by atoms with Gasteiger partial charge in [-0.05, 0) is 62.4 Å². The minimum Gasteiger partial charge on any atom is -0.495 e. The highest BCUT2D eigenvalue weighted by Gasteiger charge is 2.14. The first-order chi connectivity index (χ1) is 15.4. The average molecular weight is 459 g/mol. The zero-order valence-electron chi connectivity index (χ0n) is 18.7. The summed E-state index contributed by atoms with van der Waals surface area (Å²) in [7, 11) is 3.24. The lowest BCUT2D eigenvalue weighted by Gasteiger charge is -2.23. The van der Waals surface area contributed by atoms with Crippen LogP contribution < -0.4 is 20.3 Å². The molecule has 0 spiro atoms. The van der Waals surface area contributed by atoms with Gasteiger partial charge in [-0.15, -0.1) is 0 Å². The highest BCUT2D eigenvalue weighted by molar-refractivity contribution is 6.31. The van der Waals surface area contributed by atoms with Crippen molar-refractivity contribution in [3.8, 4) is 5.75 Å². The minimum atomic E-state index is -0.261. The molecule has 7 nitrogen and oxygen atoms in total. The van der Waals surface area contributed by atoms with Gasteiger partial charge in [0.2, 0.25) is 11.8 Å². The van der Waals surface area contributed by atoms with Crippen LogP contribution in [0.3, 0.4) is 0 Å². The van der Waals surface area contributed by atoms with Crippen molar-refractivity contribution in [2.24, 2.45) is 0 Å². The summed E-state index contributed by atoms with van der Waals surface area (Å²) in [4.78, 5) is 28.8. The summed E-state index contributed by atoms with van der Waals surface area (Å²) in [5.74, 6) is 0.0811. The molecule has 0 unspecified atom stereocenters. The third-order valence-corrected chi connectivity index (χ3v) is 5.62. The van der Waals surface area contributed by atoms with Crippen LogP contribution in [0.15, 0.2) is 42.5 Å². The number of carbonyl (C=O) groups is 2. The van der Waals surface area contributed by atoms with Gasteiger partial charge in [0.1, 0.15) is 5.75 Å². The van der Waals surface area contributed by atoms with Crippen molar-refractivity contribution in [3.05, 3.63) is 47.5 Å². The van der Waals surface area contributed by atoms with Gasteiger partial charge in [-0.3, -0.25) is 14.5 Å². The molecule has 1 heterocycles. The normalized spacial score (nSPS) is 14.1. The number of nitrogens with zero attached hydrogens (tertiary/aromatic N) is 2. The number of anilines is 3. The average Bonchev–Trinajstić information content (AvgIpc) is 3.04. The third-order valence-electron chi connectivity index (χ3n) is 5.38. The maximum Gasteiger partial charge on any atom is 0.238 e. The summed E-state index contributed by atoms with van der Waals surface area (Å²) < 4.78 is 5.24. The molecule has 0 saturated carbocycles. The van der Waals surface area contributed by atoms with Crippen molar-refractivity contribution in [1.82, 2.24) is 4.90 Å². The maximum absolute atomic E-state index is 12.4. The van der Waals surface area contributed by atoms with E-state index in [1.807, 2.05) is 12.1 Å². The summed E-state index contributed by atoms with van der Waals surface area (Å²) in [6.45, 7) is 2.31. The number of hydrogen-bond donors (Lipinski definition) is 2. The van der Waals surface area contributed by atoms with E-state index in [9.17, 15) is 9.59 Å². The largest absolute Gasteiger partial charge is 0.495 e. The van der Waals surface area contributed by atoms with Gasteiger partial charge >= 0.3 is 0 Å². The molecule has 1 saturated heterocycles. The Hall–Kier alpha value is -2.77. The van der Waals surface area contributed by atoms with Crippen LogP contribution in [0.2, 0.25) is 5.02 Å². The highest BCUT2D eigenvalue weighted by atomic mass is 35.5. The minimum absolute atomic E-state index is 0.0526. The van der Waals surface area contributed by atoms with Gasteiger partial charge in [0.05, 0.1) is 25.9 Å². The second-order valence-corrected chi connectivity index (χ2v) is 8.50. The smallest absolute Gasteiger partial charge is 0.238 e. The zero-order chi connectivity index (χ0) is 22.9. The Bertz CT molecular complexity index is 912. The fourth-order valence-corrected chi connectivity index (χ4v) is 3.97. The fourth-order valence-electron chi connectivity index (χ4n) is 3.80. The van der Waals surface area contributed by atoms with E-state index in [2.05, 4.69) is 27.7 Å². The Morgan fingerprint density at radius 1 is 0.969 bits per heavy atom. The van der Waals surface area contributed by atoms with Gasteiger partial charge in [-0.25, -0.2) is 0 Å². The van der Waals surface area contributed by atoms with Crippen molar-refractivity contribution in [3.63, 3.8) is 0 Å². The van der Waals surface area contributed by atoms with Gasteiger partial charge in [0, 0.05) is 29.5 Å². The highest BCUT2D eigenvalue weighted by Crippen LogP contribution is 2.27. The van der Waals surface area contributed by atoms with E-state index in [1.165, 1.54) is 38.5 Å². The van der Waals surface area contributed by atoms with Crippen molar-refractivity contribution >= 4 is 40.5 Å². The van der Waals surface area contributed by atoms with Crippen molar-refractivity contribution in [2.45, 2.75) is 25.7 Å². The molecule has 3 rings (SSSR count). The standard InChI is InChI=1S/C24H31ClN4O3/c1-28(17-24(31)27-21-15-18(25)7-12-22(21)32-2)16-23(30)26-19-8-10-20(11-9-19)29-13-5-3-4-6-14-29/h7-12,15H,3-6,13-14,16-17H2,1-2H3,(H,26,30)(H,27,31). The van der Waals surface area contributed by atoms with Crippen molar-refractivity contribution in [2.75, 3.05) is 55.9 Å². The summed E-state index contributed by atoms with van der Waals surface area (Å²) >= 11 is 6.00. The number of carbonyl (C=O) groups excluding carboxylic acids is 2. The topological polar surface area (TPSA) is 73.9 Å². The van der Waals surface area contributed by atoms with Crippen LogP contribution in [0.25, 0.3) is 0 Å². The molecule has 1 fully saturated rings. The lowest BCUT2D eigenvalue weighted by molar-refractivity contribution is -0.119. The zero-order valence-corrected chi connectivity index (χ0v) is 19.5. The lowest BCUT2D eigenvalue weighted by Crippen LogP contribution is -2.36. The van der Waals surface area contributed by atoms with E-state index in [1.54, 1.807) is 30.1 Å². The summed E-state index contributed by atoms with van der Waals surface area (Å²) in [6.07, 6.45) is 5.04. The molecule has 172 valence electrons. The van der Waals surface area contributed by atoms with Crippen LogP contribution in [0, 0.1) is 0 Å². The Balaban J connectivity index is 1.47. The first kappa shape index (κ1) is 23.9. The van der Waals surface area contributed by atoms with Crippen LogP contribution in [0.1, 0.15) is 25.7 Å². The Labute approximate surface area is 194 Å². The molecule has 2 aromatic carbocycles. The summed E-state index contributed by atoms with van der Waals surface area (Å²) in [6, 6.07) is 13.0. The molecule has 1 aliphatic rings. The molecule has 2 N–H and O–H groups in total. The van der Waals surface area contributed by atoms with Gasteiger partial charge in [-0.2, -0.15) is 0 Å². The molecule has 32 heavy (non-hydrogen) atoms. The Morgan fingerprint density at radius 2 is 1.59 bits per heavy atom. The quantitative estimate of drug-likeness (QED) is 0.619. The van der Waals surface area contributed by atoms with E-state index in [0.717, 1.165) is 18.8 Å². The third kappa shape index (κ3) is 7.14. The SMILES string of the molecule is COc1ccc(Cl)cc1NC(=O)CN(C)CC(=O)Nc1ccc(N2CCCCCC2)cc1. The van der Waals surface area contributed by atoms with E-state index in [-0.39, 0.29) is 24.9 Å². The summed E-state index contributed by atoms with van der Waals surface area (Å²) in [5.41, 5.74) is 2.43. The maximum atomic E-state index is 12.4. The molecule has 2 amide bonds. The van der Waals surface area contributed by atoms with Gasteiger partial charge in [0.15, 0.2) is 0 Å². The molecule has 0 aliphatic carbocycles.